The molecular formula is C31H39N3O5S. The molecule has 0 saturated carbocycles. The number of carbonyl (C=O) groups excluding carboxylic acids is 2. The number of hydrogen-bond donors (Lipinski definition) is 1. The lowest BCUT2D eigenvalue weighted by Gasteiger charge is -2.33. The number of ether oxygens (including phenoxy) is 1. The van der Waals surface area contributed by atoms with Gasteiger partial charge in [0.1, 0.15) is 18.3 Å². The molecule has 214 valence electrons. The van der Waals surface area contributed by atoms with E-state index in [2.05, 4.69) is 5.32 Å². The van der Waals surface area contributed by atoms with E-state index in [0.717, 1.165) is 21.9 Å². The van der Waals surface area contributed by atoms with Crippen molar-refractivity contribution in [3.05, 3.63) is 90.0 Å². The van der Waals surface area contributed by atoms with E-state index in [0.29, 0.717) is 12.4 Å². The molecule has 3 rings (SSSR count). The number of benzene rings is 3. The molecule has 0 radical (unpaired) electrons. The highest BCUT2D eigenvalue weighted by Gasteiger charge is 2.34. The van der Waals surface area contributed by atoms with Crippen LogP contribution in [0, 0.1) is 6.92 Å². The zero-order valence-corrected chi connectivity index (χ0v) is 24.6. The molecule has 0 aliphatic rings. The molecular weight excluding hydrogens is 526 g/mol. The van der Waals surface area contributed by atoms with Crippen molar-refractivity contribution in [3.8, 4) is 5.75 Å². The zero-order chi connectivity index (χ0) is 29.3. The topological polar surface area (TPSA) is 96.0 Å². The molecule has 0 aliphatic heterocycles. The molecule has 3 aromatic carbocycles. The van der Waals surface area contributed by atoms with E-state index in [1.165, 1.54) is 17.0 Å². The van der Waals surface area contributed by atoms with Gasteiger partial charge in [-0.05, 0) is 63.9 Å². The summed E-state index contributed by atoms with van der Waals surface area (Å²) in [5.41, 5.74) is 2.10. The number of aryl methyl sites for hydroxylation is 1. The second kappa shape index (κ2) is 14.0. The number of para-hydroxylation sites is 2. The van der Waals surface area contributed by atoms with Gasteiger partial charge in [0.15, 0.2) is 0 Å². The highest BCUT2D eigenvalue weighted by molar-refractivity contribution is 7.92. The van der Waals surface area contributed by atoms with Crippen LogP contribution in [-0.4, -0.2) is 50.4 Å². The Balaban J connectivity index is 2.06. The van der Waals surface area contributed by atoms with Crippen LogP contribution in [-0.2, 0) is 26.2 Å². The van der Waals surface area contributed by atoms with Crippen LogP contribution in [0.1, 0.15) is 45.2 Å². The molecule has 9 heteroatoms. The minimum atomic E-state index is -4.17. The Morgan fingerprint density at radius 3 is 2.25 bits per heavy atom. The number of carbonyl (C=O) groups is 2. The van der Waals surface area contributed by atoms with Crippen molar-refractivity contribution in [3.63, 3.8) is 0 Å². The molecule has 0 saturated heterocycles. The number of sulfonamides is 1. The maximum Gasteiger partial charge on any atom is 0.264 e. The third-order valence-corrected chi connectivity index (χ3v) is 8.42. The Morgan fingerprint density at radius 1 is 0.925 bits per heavy atom. The normalized spacial score (nSPS) is 12.7. The van der Waals surface area contributed by atoms with Crippen LogP contribution in [0.15, 0.2) is 83.8 Å². The molecule has 0 heterocycles. The second-order valence-corrected chi connectivity index (χ2v) is 11.6. The Morgan fingerprint density at radius 2 is 1.60 bits per heavy atom. The summed E-state index contributed by atoms with van der Waals surface area (Å²) >= 11 is 0. The summed E-state index contributed by atoms with van der Waals surface area (Å²) in [7, 11) is -4.17. The van der Waals surface area contributed by atoms with Crippen molar-refractivity contribution in [1.29, 1.82) is 0 Å². The SMILES string of the molecule is CCOc1ccccc1N(CC(=O)N(Cc1cccc(C)c1)[C@H](C)C(=O)N[C@@H](C)CC)S(=O)(=O)c1ccccc1. The van der Waals surface area contributed by atoms with Crippen LogP contribution in [0.4, 0.5) is 5.69 Å². The van der Waals surface area contributed by atoms with Gasteiger partial charge in [-0.1, -0.05) is 67.1 Å². The summed E-state index contributed by atoms with van der Waals surface area (Å²) in [6.45, 7) is 9.22. The monoisotopic (exact) mass is 565 g/mol. The average Bonchev–Trinajstić information content (AvgIpc) is 2.95. The largest absolute Gasteiger partial charge is 0.492 e. The molecule has 2 atom stereocenters. The first-order chi connectivity index (χ1) is 19.1. The maximum absolute atomic E-state index is 14.1. The number of nitrogens with zero attached hydrogens (tertiary/aromatic N) is 2. The Hall–Kier alpha value is -3.85. The zero-order valence-electron chi connectivity index (χ0n) is 23.8. The molecule has 0 spiro atoms. The Kier molecular flexibility index (Phi) is 10.7. The number of amides is 2. The second-order valence-electron chi connectivity index (χ2n) is 9.73. The first kappa shape index (κ1) is 30.7. The first-order valence-corrected chi connectivity index (χ1v) is 15.0. The van der Waals surface area contributed by atoms with Gasteiger partial charge in [-0.25, -0.2) is 8.42 Å². The molecule has 1 N–H and O–H groups in total. The van der Waals surface area contributed by atoms with Gasteiger partial charge in [0, 0.05) is 12.6 Å². The van der Waals surface area contributed by atoms with Crippen LogP contribution >= 0.6 is 0 Å². The van der Waals surface area contributed by atoms with Crippen LogP contribution in [0.2, 0.25) is 0 Å². The summed E-state index contributed by atoms with van der Waals surface area (Å²) in [5.74, 6) is -0.480. The van der Waals surface area contributed by atoms with Crippen LogP contribution in [0.25, 0.3) is 0 Å². The lowest BCUT2D eigenvalue weighted by atomic mass is 10.1. The summed E-state index contributed by atoms with van der Waals surface area (Å²) in [4.78, 5) is 28.7. The molecule has 0 fully saturated rings. The van der Waals surface area contributed by atoms with Gasteiger partial charge in [0.05, 0.1) is 17.2 Å². The van der Waals surface area contributed by atoms with Crippen LogP contribution < -0.4 is 14.4 Å². The van der Waals surface area contributed by atoms with E-state index < -0.39 is 28.5 Å². The van der Waals surface area contributed by atoms with E-state index in [1.807, 2.05) is 45.0 Å². The van der Waals surface area contributed by atoms with Crippen LogP contribution in [0.3, 0.4) is 0 Å². The first-order valence-electron chi connectivity index (χ1n) is 13.5. The van der Waals surface area contributed by atoms with Gasteiger partial charge in [0.25, 0.3) is 10.0 Å². The minimum Gasteiger partial charge on any atom is -0.492 e. The van der Waals surface area contributed by atoms with Gasteiger partial charge >= 0.3 is 0 Å². The summed E-state index contributed by atoms with van der Waals surface area (Å²) in [6, 6.07) is 21.5. The highest BCUT2D eigenvalue weighted by atomic mass is 32.2. The molecule has 3 aromatic rings. The number of hydrogen-bond acceptors (Lipinski definition) is 5. The van der Waals surface area contributed by atoms with E-state index in [1.54, 1.807) is 56.3 Å². The third-order valence-electron chi connectivity index (χ3n) is 6.65. The summed E-state index contributed by atoms with van der Waals surface area (Å²) in [6.07, 6.45) is 0.738. The Labute approximate surface area is 238 Å². The van der Waals surface area contributed by atoms with Crippen molar-refractivity contribution in [1.82, 2.24) is 10.2 Å². The van der Waals surface area contributed by atoms with E-state index in [9.17, 15) is 18.0 Å². The van der Waals surface area contributed by atoms with Gasteiger partial charge in [-0.3, -0.25) is 13.9 Å². The van der Waals surface area contributed by atoms with Gasteiger partial charge in [-0.15, -0.1) is 0 Å². The highest BCUT2D eigenvalue weighted by Crippen LogP contribution is 2.32. The number of nitrogens with one attached hydrogen (secondary N) is 1. The van der Waals surface area contributed by atoms with E-state index >= 15 is 0 Å². The van der Waals surface area contributed by atoms with Crippen molar-refractivity contribution in [2.24, 2.45) is 0 Å². The summed E-state index contributed by atoms with van der Waals surface area (Å²) < 4.78 is 34.7. The molecule has 40 heavy (non-hydrogen) atoms. The molecule has 0 aromatic heterocycles. The summed E-state index contributed by atoms with van der Waals surface area (Å²) in [5, 5.41) is 2.94. The van der Waals surface area contributed by atoms with Crippen LogP contribution in [0.5, 0.6) is 5.75 Å². The number of rotatable bonds is 13. The minimum absolute atomic E-state index is 0.0434. The fourth-order valence-electron chi connectivity index (χ4n) is 4.23. The standard InChI is InChI=1S/C31H39N3O5S/c1-6-24(4)32-31(36)25(5)33(21-26-15-13-14-23(3)20-26)30(35)22-34(28-18-11-12-19-29(28)39-7-2)40(37,38)27-16-9-8-10-17-27/h8-20,24-25H,6-7,21-22H2,1-5H3,(H,32,36)/t24-,25+/m0/s1. The van der Waals surface area contributed by atoms with Crippen molar-refractivity contribution in [2.75, 3.05) is 17.5 Å². The van der Waals surface area contributed by atoms with Crippen molar-refractivity contribution < 1.29 is 22.7 Å². The molecule has 0 aliphatic carbocycles. The van der Waals surface area contributed by atoms with Gasteiger partial charge < -0.3 is 15.0 Å². The predicted molar refractivity (Wildman–Crippen MR) is 158 cm³/mol. The van der Waals surface area contributed by atoms with E-state index in [-0.39, 0.29) is 29.1 Å². The average molecular weight is 566 g/mol. The fourth-order valence-corrected chi connectivity index (χ4v) is 5.67. The molecule has 0 bridgehead atoms. The molecule has 0 unspecified atom stereocenters. The van der Waals surface area contributed by atoms with Crippen molar-refractivity contribution in [2.45, 2.75) is 64.6 Å². The van der Waals surface area contributed by atoms with E-state index in [4.69, 9.17) is 4.74 Å². The third kappa shape index (κ3) is 7.63. The predicted octanol–water partition coefficient (Wildman–Crippen LogP) is 4.92. The smallest absolute Gasteiger partial charge is 0.264 e. The van der Waals surface area contributed by atoms with Crippen molar-refractivity contribution >= 4 is 27.5 Å². The molecule has 8 nitrogen and oxygen atoms in total. The van der Waals surface area contributed by atoms with Gasteiger partial charge in [0.2, 0.25) is 11.8 Å². The maximum atomic E-state index is 14.1. The van der Waals surface area contributed by atoms with Gasteiger partial charge in [-0.2, -0.15) is 0 Å². The number of anilines is 1. The Bertz CT molecular complexity index is 1390. The lowest BCUT2D eigenvalue weighted by molar-refractivity contribution is -0.139. The lowest BCUT2D eigenvalue weighted by Crippen LogP contribution is -2.52. The fraction of sp³-hybridized carbons (Fsp3) is 0.355. The molecule has 2 amide bonds. The quantitative estimate of drug-likeness (QED) is 0.317.